The van der Waals surface area contributed by atoms with Gasteiger partial charge in [-0.05, 0) is 55.0 Å². The van der Waals surface area contributed by atoms with Gasteiger partial charge in [-0.25, -0.2) is 4.39 Å². The first kappa shape index (κ1) is 11.6. The summed E-state index contributed by atoms with van der Waals surface area (Å²) in [5.74, 6) is 0.232. The number of rotatable bonds is 2. The molecule has 0 heterocycles. The van der Waals surface area contributed by atoms with Crippen LogP contribution in [0.15, 0.2) is 12.1 Å². The van der Waals surface area contributed by atoms with Gasteiger partial charge in [-0.15, -0.1) is 0 Å². The van der Waals surface area contributed by atoms with Crippen molar-refractivity contribution in [3.63, 3.8) is 0 Å². The Morgan fingerprint density at radius 3 is 2.75 bits per heavy atom. The zero-order valence-corrected chi connectivity index (χ0v) is 10.3. The number of hydrogen-bond donors (Lipinski definition) is 1. The minimum Gasteiger partial charge on any atom is -0.313 e. The second-order valence-electron chi connectivity index (χ2n) is 4.92. The highest BCUT2D eigenvalue weighted by Crippen LogP contribution is 2.35. The molecule has 1 nitrogen and oxygen atoms in total. The van der Waals surface area contributed by atoms with Gasteiger partial charge in [-0.2, -0.15) is 0 Å². The normalized spacial score (nSPS) is 19.9. The lowest BCUT2D eigenvalue weighted by molar-refractivity contribution is 0.486. The fraction of sp³-hybridized carbons (Fsp3) is 0.571. The van der Waals surface area contributed by atoms with Crippen molar-refractivity contribution in [1.82, 2.24) is 5.32 Å². The highest BCUT2D eigenvalue weighted by Gasteiger charge is 2.23. The van der Waals surface area contributed by atoms with Crippen molar-refractivity contribution >= 4 is 0 Å². The second kappa shape index (κ2) is 4.54. The SMILES string of the molecule is CNC1CCCc2c1ccc(F)c2C(C)C. The molecule has 0 aliphatic heterocycles. The average molecular weight is 221 g/mol. The standard InChI is InChI=1S/C14H20FN/c1-9(2)14-11-5-4-6-13(16-3)10(11)7-8-12(14)15/h7-9,13,16H,4-6H2,1-3H3. The van der Waals surface area contributed by atoms with Gasteiger partial charge in [-0.1, -0.05) is 19.9 Å². The lowest BCUT2D eigenvalue weighted by atomic mass is 9.82. The molecule has 1 aromatic rings. The lowest BCUT2D eigenvalue weighted by Gasteiger charge is -2.28. The molecule has 2 rings (SSSR count). The van der Waals surface area contributed by atoms with E-state index in [1.807, 2.05) is 13.1 Å². The monoisotopic (exact) mass is 221 g/mol. The number of hydrogen-bond acceptors (Lipinski definition) is 1. The predicted octanol–water partition coefficient (Wildman–Crippen LogP) is 3.55. The molecule has 0 bridgehead atoms. The molecule has 1 unspecified atom stereocenters. The van der Waals surface area contributed by atoms with Crippen molar-refractivity contribution < 1.29 is 4.39 Å². The molecule has 0 saturated carbocycles. The topological polar surface area (TPSA) is 12.0 Å². The lowest BCUT2D eigenvalue weighted by Crippen LogP contribution is -2.23. The van der Waals surface area contributed by atoms with Crippen LogP contribution in [0.25, 0.3) is 0 Å². The Bertz CT molecular complexity index is 385. The molecule has 1 aliphatic carbocycles. The summed E-state index contributed by atoms with van der Waals surface area (Å²) in [5, 5.41) is 3.32. The van der Waals surface area contributed by atoms with E-state index in [1.165, 1.54) is 11.1 Å². The molecule has 1 aliphatic rings. The van der Waals surface area contributed by atoms with Gasteiger partial charge in [-0.3, -0.25) is 0 Å². The van der Waals surface area contributed by atoms with E-state index in [-0.39, 0.29) is 11.7 Å². The molecule has 0 radical (unpaired) electrons. The summed E-state index contributed by atoms with van der Waals surface area (Å²) >= 11 is 0. The average Bonchev–Trinajstić information content (AvgIpc) is 2.27. The zero-order valence-electron chi connectivity index (χ0n) is 10.3. The molecule has 2 heteroatoms. The molecule has 88 valence electrons. The highest BCUT2D eigenvalue weighted by atomic mass is 19.1. The largest absolute Gasteiger partial charge is 0.313 e. The molecule has 1 N–H and O–H groups in total. The van der Waals surface area contributed by atoms with E-state index >= 15 is 0 Å². The smallest absolute Gasteiger partial charge is 0.126 e. The van der Waals surface area contributed by atoms with E-state index in [4.69, 9.17) is 0 Å². The van der Waals surface area contributed by atoms with E-state index in [2.05, 4.69) is 19.2 Å². The summed E-state index contributed by atoms with van der Waals surface area (Å²) in [5.41, 5.74) is 3.48. The van der Waals surface area contributed by atoms with Gasteiger partial charge in [0.05, 0.1) is 0 Å². The molecule has 0 amide bonds. The number of benzene rings is 1. The van der Waals surface area contributed by atoms with Crippen LogP contribution in [0.1, 0.15) is 55.3 Å². The van der Waals surface area contributed by atoms with Crippen molar-refractivity contribution in [2.45, 2.75) is 45.1 Å². The van der Waals surface area contributed by atoms with E-state index in [9.17, 15) is 4.39 Å². The van der Waals surface area contributed by atoms with E-state index < -0.39 is 0 Å². The Balaban J connectivity index is 2.54. The predicted molar refractivity (Wildman–Crippen MR) is 65.2 cm³/mol. The molecule has 0 fully saturated rings. The van der Waals surface area contributed by atoms with E-state index in [0.717, 1.165) is 24.8 Å². The fourth-order valence-corrected chi connectivity index (χ4v) is 2.82. The van der Waals surface area contributed by atoms with Crippen molar-refractivity contribution in [3.8, 4) is 0 Å². The van der Waals surface area contributed by atoms with Crippen LogP contribution < -0.4 is 5.32 Å². The summed E-state index contributed by atoms with van der Waals surface area (Å²) in [4.78, 5) is 0. The summed E-state index contributed by atoms with van der Waals surface area (Å²) in [7, 11) is 1.98. The molecule has 1 aromatic carbocycles. The van der Waals surface area contributed by atoms with Gasteiger partial charge in [0.15, 0.2) is 0 Å². The first-order chi connectivity index (χ1) is 7.65. The van der Waals surface area contributed by atoms with Gasteiger partial charge < -0.3 is 5.32 Å². The maximum Gasteiger partial charge on any atom is 0.126 e. The number of nitrogens with one attached hydrogen (secondary N) is 1. The van der Waals surface area contributed by atoms with Crippen LogP contribution in [0.4, 0.5) is 4.39 Å². The summed E-state index contributed by atoms with van der Waals surface area (Å²) in [6.45, 7) is 4.14. The molecule has 0 saturated heterocycles. The van der Waals surface area contributed by atoms with Gasteiger partial charge in [0.1, 0.15) is 5.82 Å². The van der Waals surface area contributed by atoms with Crippen LogP contribution in [-0.4, -0.2) is 7.05 Å². The molecule has 0 spiro atoms. The van der Waals surface area contributed by atoms with Crippen molar-refractivity contribution in [1.29, 1.82) is 0 Å². The fourth-order valence-electron chi connectivity index (χ4n) is 2.82. The van der Waals surface area contributed by atoms with Gasteiger partial charge in [0.2, 0.25) is 0 Å². The first-order valence-corrected chi connectivity index (χ1v) is 6.13. The summed E-state index contributed by atoms with van der Waals surface area (Å²) in [6.07, 6.45) is 3.34. The maximum atomic E-state index is 13.8. The third-order valence-electron chi connectivity index (χ3n) is 3.56. The first-order valence-electron chi connectivity index (χ1n) is 6.13. The minimum absolute atomic E-state index is 0.0366. The van der Waals surface area contributed by atoms with Crippen molar-refractivity contribution in [2.24, 2.45) is 0 Å². The molecule has 1 atom stereocenters. The molecule has 0 aromatic heterocycles. The molecular weight excluding hydrogens is 201 g/mol. The Labute approximate surface area is 97.1 Å². The van der Waals surface area contributed by atoms with Crippen LogP contribution >= 0.6 is 0 Å². The van der Waals surface area contributed by atoms with Crippen LogP contribution in [0.3, 0.4) is 0 Å². The quantitative estimate of drug-likeness (QED) is 0.805. The maximum absolute atomic E-state index is 13.8. The number of halogens is 1. The van der Waals surface area contributed by atoms with Crippen LogP contribution in [-0.2, 0) is 6.42 Å². The summed E-state index contributed by atoms with van der Waals surface area (Å²) < 4.78 is 13.8. The zero-order chi connectivity index (χ0) is 11.7. The van der Waals surface area contributed by atoms with E-state index in [0.29, 0.717) is 6.04 Å². The third-order valence-corrected chi connectivity index (χ3v) is 3.56. The van der Waals surface area contributed by atoms with E-state index in [1.54, 1.807) is 6.07 Å². The molecular formula is C14H20FN. The van der Waals surface area contributed by atoms with Gasteiger partial charge >= 0.3 is 0 Å². The van der Waals surface area contributed by atoms with Crippen molar-refractivity contribution in [2.75, 3.05) is 7.05 Å². The van der Waals surface area contributed by atoms with Gasteiger partial charge in [0.25, 0.3) is 0 Å². The van der Waals surface area contributed by atoms with Crippen molar-refractivity contribution in [3.05, 3.63) is 34.6 Å². The third kappa shape index (κ3) is 1.86. The Morgan fingerprint density at radius 1 is 1.38 bits per heavy atom. The Kier molecular flexibility index (Phi) is 3.29. The molecule has 16 heavy (non-hydrogen) atoms. The Morgan fingerprint density at radius 2 is 2.12 bits per heavy atom. The summed E-state index contributed by atoms with van der Waals surface area (Å²) in [6, 6.07) is 3.99. The van der Waals surface area contributed by atoms with Crippen LogP contribution in [0.5, 0.6) is 0 Å². The number of fused-ring (bicyclic) bond motifs is 1. The van der Waals surface area contributed by atoms with Crippen LogP contribution in [0, 0.1) is 5.82 Å². The highest BCUT2D eigenvalue weighted by molar-refractivity contribution is 5.41. The minimum atomic E-state index is -0.0366. The van der Waals surface area contributed by atoms with Gasteiger partial charge in [0, 0.05) is 6.04 Å². The van der Waals surface area contributed by atoms with Crippen LogP contribution in [0.2, 0.25) is 0 Å². The second-order valence-corrected chi connectivity index (χ2v) is 4.92. The Hall–Kier alpha value is -0.890.